The highest BCUT2D eigenvalue weighted by Crippen LogP contribution is 2.23. The smallest absolute Gasteiger partial charge is 0.224 e. The van der Waals surface area contributed by atoms with E-state index in [4.69, 9.17) is 0 Å². The molecule has 1 fully saturated rings. The van der Waals surface area contributed by atoms with Gasteiger partial charge in [0.25, 0.3) is 0 Å². The summed E-state index contributed by atoms with van der Waals surface area (Å²) in [4.78, 5) is 15.5. The SMILES string of the molecule is c1ccc(CNc2nccc(Nc3ccc(N4CCCC4)cc3)n2)nc1. The van der Waals surface area contributed by atoms with Crippen molar-refractivity contribution in [3.8, 4) is 0 Å². The molecule has 0 amide bonds. The van der Waals surface area contributed by atoms with E-state index in [2.05, 4.69) is 54.8 Å². The fourth-order valence-corrected chi connectivity index (χ4v) is 3.06. The lowest BCUT2D eigenvalue weighted by molar-refractivity contribution is 0.949. The second kappa shape index (κ2) is 7.82. The van der Waals surface area contributed by atoms with Crippen molar-refractivity contribution < 1.29 is 0 Å². The van der Waals surface area contributed by atoms with Gasteiger partial charge >= 0.3 is 0 Å². The maximum atomic E-state index is 4.51. The molecule has 3 heterocycles. The summed E-state index contributed by atoms with van der Waals surface area (Å²) >= 11 is 0. The third-order valence-electron chi connectivity index (χ3n) is 4.42. The van der Waals surface area contributed by atoms with Crippen LogP contribution >= 0.6 is 0 Å². The molecule has 0 saturated carbocycles. The van der Waals surface area contributed by atoms with Gasteiger partial charge in [-0.2, -0.15) is 4.98 Å². The lowest BCUT2D eigenvalue weighted by Gasteiger charge is -2.18. The molecule has 6 nitrogen and oxygen atoms in total. The van der Waals surface area contributed by atoms with Crippen LogP contribution in [-0.2, 0) is 6.54 Å². The summed E-state index contributed by atoms with van der Waals surface area (Å²) in [6.45, 7) is 2.91. The Bertz CT molecular complexity index is 828. The molecule has 132 valence electrons. The van der Waals surface area contributed by atoms with E-state index < -0.39 is 0 Å². The average molecular weight is 346 g/mol. The summed E-state index contributed by atoms with van der Waals surface area (Å²) in [5.41, 5.74) is 3.25. The van der Waals surface area contributed by atoms with Gasteiger partial charge in [0.1, 0.15) is 5.82 Å². The first-order valence-corrected chi connectivity index (χ1v) is 8.96. The lowest BCUT2D eigenvalue weighted by Crippen LogP contribution is -2.17. The highest BCUT2D eigenvalue weighted by molar-refractivity contribution is 5.61. The van der Waals surface area contributed by atoms with Gasteiger partial charge in [0, 0.05) is 36.9 Å². The number of benzene rings is 1. The van der Waals surface area contributed by atoms with E-state index in [1.807, 2.05) is 24.3 Å². The van der Waals surface area contributed by atoms with Crippen LogP contribution in [-0.4, -0.2) is 28.0 Å². The Morgan fingerprint density at radius 2 is 1.73 bits per heavy atom. The summed E-state index contributed by atoms with van der Waals surface area (Å²) in [5, 5.41) is 6.54. The van der Waals surface area contributed by atoms with Crippen LogP contribution in [0.1, 0.15) is 18.5 Å². The average Bonchev–Trinajstić information content (AvgIpc) is 3.23. The molecule has 1 aromatic carbocycles. The molecule has 26 heavy (non-hydrogen) atoms. The first-order chi connectivity index (χ1) is 12.9. The molecule has 1 saturated heterocycles. The first-order valence-electron chi connectivity index (χ1n) is 8.96. The normalized spacial score (nSPS) is 13.6. The predicted molar refractivity (Wildman–Crippen MR) is 105 cm³/mol. The van der Waals surface area contributed by atoms with Gasteiger partial charge < -0.3 is 15.5 Å². The molecule has 2 aromatic heterocycles. The minimum Gasteiger partial charge on any atom is -0.372 e. The Morgan fingerprint density at radius 3 is 2.50 bits per heavy atom. The van der Waals surface area contributed by atoms with E-state index in [0.29, 0.717) is 12.5 Å². The van der Waals surface area contributed by atoms with Crippen LogP contribution in [0.4, 0.5) is 23.1 Å². The van der Waals surface area contributed by atoms with E-state index in [9.17, 15) is 0 Å². The van der Waals surface area contributed by atoms with Crippen LogP contribution in [0.25, 0.3) is 0 Å². The molecular weight excluding hydrogens is 324 g/mol. The summed E-state index contributed by atoms with van der Waals surface area (Å²) in [6.07, 6.45) is 6.10. The first kappa shape index (κ1) is 16.3. The van der Waals surface area contributed by atoms with Crippen LogP contribution in [0.3, 0.4) is 0 Å². The Hall–Kier alpha value is -3.15. The van der Waals surface area contributed by atoms with Crippen LogP contribution in [0.2, 0.25) is 0 Å². The van der Waals surface area contributed by atoms with E-state index in [0.717, 1.165) is 30.3 Å². The van der Waals surface area contributed by atoms with Crippen molar-refractivity contribution in [2.24, 2.45) is 0 Å². The van der Waals surface area contributed by atoms with Crippen molar-refractivity contribution in [1.82, 2.24) is 15.0 Å². The number of pyridine rings is 1. The summed E-state index contributed by atoms with van der Waals surface area (Å²) in [7, 11) is 0. The molecule has 1 aliphatic heterocycles. The zero-order valence-electron chi connectivity index (χ0n) is 14.6. The van der Waals surface area contributed by atoms with Crippen molar-refractivity contribution in [2.45, 2.75) is 19.4 Å². The maximum absolute atomic E-state index is 4.51. The van der Waals surface area contributed by atoms with Crippen LogP contribution in [0.5, 0.6) is 0 Å². The quantitative estimate of drug-likeness (QED) is 0.707. The summed E-state index contributed by atoms with van der Waals surface area (Å²) < 4.78 is 0. The molecule has 0 unspecified atom stereocenters. The van der Waals surface area contributed by atoms with Crippen molar-refractivity contribution >= 4 is 23.1 Å². The fourth-order valence-electron chi connectivity index (χ4n) is 3.06. The number of anilines is 4. The van der Waals surface area contributed by atoms with Crippen LogP contribution < -0.4 is 15.5 Å². The van der Waals surface area contributed by atoms with Gasteiger partial charge in [-0.1, -0.05) is 6.07 Å². The second-order valence-electron chi connectivity index (χ2n) is 6.31. The largest absolute Gasteiger partial charge is 0.372 e. The fraction of sp³-hybridized carbons (Fsp3) is 0.250. The molecule has 0 radical (unpaired) electrons. The molecule has 0 atom stereocenters. The standard InChI is InChI=1S/C20H22N6/c1-2-11-21-17(5-1)15-23-20-22-12-10-19(25-20)24-16-6-8-18(9-7-16)26-13-3-4-14-26/h1-2,5-12H,3-4,13-15H2,(H2,22,23,24,25). The molecule has 3 aromatic rings. The van der Waals surface area contributed by atoms with E-state index >= 15 is 0 Å². The minimum absolute atomic E-state index is 0.578. The van der Waals surface area contributed by atoms with Gasteiger partial charge in [-0.05, 0) is 55.3 Å². The Morgan fingerprint density at radius 1 is 0.885 bits per heavy atom. The number of hydrogen-bond donors (Lipinski definition) is 2. The molecule has 0 bridgehead atoms. The van der Waals surface area contributed by atoms with Gasteiger partial charge in [0.05, 0.1) is 12.2 Å². The van der Waals surface area contributed by atoms with Gasteiger partial charge in [-0.25, -0.2) is 4.98 Å². The van der Waals surface area contributed by atoms with Gasteiger partial charge in [-0.15, -0.1) is 0 Å². The van der Waals surface area contributed by atoms with Crippen LogP contribution in [0, 0.1) is 0 Å². The number of nitrogens with zero attached hydrogens (tertiary/aromatic N) is 4. The van der Waals surface area contributed by atoms with Crippen LogP contribution in [0.15, 0.2) is 60.9 Å². The van der Waals surface area contributed by atoms with E-state index in [-0.39, 0.29) is 0 Å². The Kier molecular flexibility index (Phi) is 4.91. The third-order valence-corrected chi connectivity index (χ3v) is 4.42. The molecular formula is C20H22N6. The molecule has 4 rings (SSSR count). The van der Waals surface area contributed by atoms with E-state index in [1.165, 1.54) is 18.5 Å². The molecule has 6 heteroatoms. The molecule has 0 spiro atoms. The molecule has 1 aliphatic rings. The van der Waals surface area contributed by atoms with E-state index in [1.54, 1.807) is 12.4 Å². The molecule has 2 N–H and O–H groups in total. The van der Waals surface area contributed by atoms with Crippen molar-refractivity contribution in [1.29, 1.82) is 0 Å². The minimum atomic E-state index is 0.578. The number of hydrogen-bond acceptors (Lipinski definition) is 6. The van der Waals surface area contributed by atoms with Crippen molar-refractivity contribution in [3.63, 3.8) is 0 Å². The van der Waals surface area contributed by atoms with Gasteiger partial charge in [0.15, 0.2) is 0 Å². The van der Waals surface area contributed by atoms with Gasteiger partial charge in [-0.3, -0.25) is 4.98 Å². The zero-order chi connectivity index (χ0) is 17.6. The van der Waals surface area contributed by atoms with Crippen molar-refractivity contribution in [3.05, 3.63) is 66.6 Å². The lowest BCUT2D eigenvalue weighted by atomic mass is 10.2. The zero-order valence-corrected chi connectivity index (χ0v) is 14.6. The predicted octanol–water partition coefficient (Wildman–Crippen LogP) is 3.83. The highest BCUT2D eigenvalue weighted by Gasteiger charge is 2.11. The number of aromatic nitrogens is 3. The van der Waals surface area contributed by atoms with Crippen molar-refractivity contribution in [2.75, 3.05) is 28.6 Å². The summed E-state index contributed by atoms with van der Waals surface area (Å²) in [5.74, 6) is 1.34. The molecule has 0 aliphatic carbocycles. The highest BCUT2D eigenvalue weighted by atomic mass is 15.1. The Labute approximate surface area is 153 Å². The monoisotopic (exact) mass is 346 g/mol. The third kappa shape index (κ3) is 4.08. The number of rotatable bonds is 6. The summed E-state index contributed by atoms with van der Waals surface area (Å²) in [6, 6.07) is 16.2. The topological polar surface area (TPSA) is 66.0 Å². The second-order valence-corrected chi connectivity index (χ2v) is 6.31. The Balaban J connectivity index is 1.38. The van der Waals surface area contributed by atoms with Gasteiger partial charge in [0.2, 0.25) is 5.95 Å². The maximum Gasteiger partial charge on any atom is 0.224 e. The number of nitrogens with one attached hydrogen (secondary N) is 2.